The van der Waals surface area contributed by atoms with Gasteiger partial charge in [-0.3, -0.25) is 5.26 Å². The Bertz CT molecular complexity index is 570. The first-order valence-electron chi connectivity index (χ1n) is 6.41. The van der Waals surface area contributed by atoms with Crippen molar-refractivity contribution in [3.8, 4) is 0 Å². The number of benzene rings is 1. The number of carboxylic acids is 1. The minimum atomic E-state index is -3.11. The average molecular weight is 349 g/mol. The van der Waals surface area contributed by atoms with Crippen LogP contribution in [0.25, 0.3) is 0 Å². The topological polar surface area (TPSA) is 123 Å². The van der Waals surface area contributed by atoms with Gasteiger partial charge >= 0.3 is 17.0 Å². The fourth-order valence-electron chi connectivity index (χ4n) is 1.86. The van der Waals surface area contributed by atoms with Gasteiger partial charge in [0.25, 0.3) is 5.60 Å². The van der Waals surface area contributed by atoms with Crippen molar-refractivity contribution < 1.29 is 39.7 Å². The summed E-state index contributed by atoms with van der Waals surface area (Å²) >= 11 is 5.92. The number of halogens is 1. The van der Waals surface area contributed by atoms with Crippen LogP contribution in [-0.4, -0.2) is 38.2 Å². The molecule has 0 amide bonds. The molecule has 0 fully saturated rings. The van der Waals surface area contributed by atoms with Crippen molar-refractivity contribution in [2.45, 2.75) is 37.0 Å². The van der Waals surface area contributed by atoms with Crippen LogP contribution in [0.1, 0.15) is 26.3 Å². The zero-order chi connectivity index (χ0) is 17.9. The van der Waals surface area contributed by atoms with Gasteiger partial charge in [-0.1, -0.05) is 41.9 Å². The Balaban J connectivity index is 3.56. The quantitative estimate of drug-likeness (QED) is 0.309. The third-order valence-corrected chi connectivity index (χ3v) is 3.35. The van der Waals surface area contributed by atoms with Gasteiger partial charge < -0.3 is 9.84 Å². The normalized spacial score (nSPS) is 17.0. The lowest BCUT2D eigenvalue weighted by atomic mass is 9.87. The highest BCUT2D eigenvalue weighted by Gasteiger charge is 2.68. The van der Waals surface area contributed by atoms with Gasteiger partial charge in [0, 0.05) is 5.56 Å². The first-order chi connectivity index (χ1) is 10.5. The van der Waals surface area contributed by atoms with Crippen molar-refractivity contribution in [2.24, 2.45) is 0 Å². The molecule has 8 nitrogen and oxygen atoms in total. The molecular formula is C14H17ClO8. The van der Waals surface area contributed by atoms with Gasteiger partial charge in [-0.2, -0.15) is 4.89 Å². The molecule has 0 saturated heterocycles. The molecule has 2 unspecified atom stereocenters. The summed E-state index contributed by atoms with van der Waals surface area (Å²) in [5, 5.41) is 24.8. The van der Waals surface area contributed by atoms with Crippen LogP contribution >= 0.6 is 11.6 Å². The maximum atomic E-state index is 12.3. The maximum Gasteiger partial charge on any atom is 0.362 e. The molecule has 0 aromatic heterocycles. The molecule has 1 aromatic carbocycles. The van der Waals surface area contributed by atoms with Crippen LogP contribution in [0.15, 0.2) is 30.3 Å². The third kappa shape index (κ3) is 3.46. The molecule has 0 spiro atoms. The summed E-state index contributed by atoms with van der Waals surface area (Å²) < 4.78 is 4.96. The van der Waals surface area contributed by atoms with Gasteiger partial charge in [-0.05, 0) is 20.8 Å². The van der Waals surface area contributed by atoms with Crippen molar-refractivity contribution in [2.75, 3.05) is 0 Å². The van der Waals surface area contributed by atoms with E-state index in [0.29, 0.717) is 0 Å². The fraction of sp³-hybridized carbons (Fsp3) is 0.429. The van der Waals surface area contributed by atoms with Gasteiger partial charge in [0.05, 0.1) is 0 Å². The number of hydrogen-bond acceptors (Lipinski definition) is 7. The standard InChI is InChI=1S/C14H17ClO8/c1-12(2,3)21-11(18)14(15,23-20)13(22-19,10(16)17)9-7-5-4-6-8-9/h4-8,19-20H,1-3H3,(H,16,17). The fourth-order valence-corrected chi connectivity index (χ4v) is 2.12. The molecule has 1 rings (SSSR count). The predicted molar refractivity (Wildman–Crippen MR) is 77.6 cm³/mol. The van der Waals surface area contributed by atoms with Gasteiger partial charge in [-0.15, -0.1) is 0 Å². The largest absolute Gasteiger partial charge is 0.479 e. The molecule has 0 bridgehead atoms. The smallest absolute Gasteiger partial charge is 0.362 e. The lowest BCUT2D eigenvalue weighted by molar-refractivity contribution is -0.396. The van der Waals surface area contributed by atoms with E-state index in [1.54, 1.807) is 6.07 Å². The Morgan fingerprint density at radius 3 is 1.91 bits per heavy atom. The van der Waals surface area contributed by atoms with Crippen LogP contribution in [0.2, 0.25) is 0 Å². The number of hydrogen-bond donors (Lipinski definition) is 3. The predicted octanol–water partition coefficient (Wildman–Crippen LogP) is 2.22. The van der Waals surface area contributed by atoms with Crippen molar-refractivity contribution in [1.29, 1.82) is 0 Å². The minimum absolute atomic E-state index is 0.259. The molecule has 23 heavy (non-hydrogen) atoms. The first-order valence-corrected chi connectivity index (χ1v) is 6.79. The van der Waals surface area contributed by atoms with Crippen molar-refractivity contribution >= 4 is 23.5 Å². The Morgan fingerprint density at radius 2 is 1.57 bits per heavy atom. The number of ether oxygens (including phenoxy) is 1. The zero-order valence-corrected chi connectivity index (χ0v) is 13.4. The second kappa shape index (κ2) is 6.81. The molecule has 0 aliphatic heterocycles. The maximum absolute atomic E-state index is 12.3. The van der Waals surface area contributed by atoms with Gasteiger partial charge in [-0.25, -0.2) is 19.7 Å². The first kappa shape index (κ1) is 19.3. The Morgan fingerprint density at radius 1 is 1.04 bits per heavy atom. The number of alkyl halides is 1. The number of carbonyl (C=O) groups excluding carboxylic acids is 1. The molecular weight excluding hydrogens is 332 g/mol. The van der Waals surface area contributed by atoms with Crippen molar-refractivity contribution in [1.82, 2.24) is 0 Å². The van der Waals surface area contributed by atoms with Crippen LogP contribution in [0.5, 0.6) is 0 Å². The zero-order valence-electron chi connectivity index (χ0n) is 12.6. The van der Waals surface area contributed by atoms with E-state index >= 15 is 0 Å². The Kier molecular flexibility index (Phi) is 5.73. The minimum Gasteiger partial charge on any atom is -0.479 e. The van der Waals surface area contributed by atoms with Crippen molar-refractivity contribution in [3.63, 3.8) is 0 Å². The van der Waals surface area contributed by atoms with Gasteiger partial charge in [0.1, 0.15) is 5.60 Å². The monoisotopic (exact) mass is 348 g/mol. The molecule has 1 aromatic rings. The molecule has 0 radical (unpaired) electrons. The molecule has 0 aliphatic carbocycles. The third-order valence-electron chi connectivity index (χ3n) is 2.86. The SMILES string of the molecule is CC(C)(C)OC(=O)C(Cl)(OO)C(OO)(C(=O)O)c1ccccc1. The summed E-state index contributed by atoms with van der Waals surface area (Å²) in [6.07, 6.45) is 0. The van der Waals surface area contributed by atoms with Crippen LogP contribution < -0.4 is 0 Å². The highest BCUT2D eigenvalue weighted by atomic mass is 35.5. The molecule has 0 saturated carbocycles. The molecule has 9 heteroatoms. The lowest BCUT2D eigenvalue weighted by Gasteiger charge is -2.37. The van der Waals surface area contributed by atoms with E-state index in [-0.39, 0.29) is 5.56 Å². The van der Waals surface area contributed by atoms with E-state index in [1.165, 1.54) is 45.0 Å². The summed E-state index contributed by atoms with van der Waals surface area (Å²) in [7, 11) is 0. The summed E-state index contributed by atoms with van der Waals surface area (Å²) in [5.74, 6) is -3.35. The van der Waals surface area contributed by atoms with E-state index in [4.69, 9.17) is 21.6 Å². The van der Waals surface area contributed by atoms with E-state index < -0.39 is 28.2 Å². The van der Waals surface area contributed by atoms with E-state index in [2.05, 4.69) is 9.78 Å². The van der Waals surface area contributed by atoms with E-state index in [9.17, 15) is 20.0 Å². The second-order valence-corrected chi connectivity index (χ2v) is 6.16. The van der Waals surface area contributed by atoms with Crippen LogP contribution in [-0.2, 0) is 29.7 Å². The molecule has 0 aliphatic rings. The molecule has 0 heterocycles. The van der Waals surface area contributed by atoms with Crippen molar-refractivity contribution in [3.05, 3.63) is 35.9 Å². The Labute approximate surface area is 137 Å². The number of aliphatic carboxylic acids is 1. The Hall–Kier alpha value is -1.71. The van der Waals surface area contributed by atoms with Gasteiger partial charge in [0.2, 0.25) is 0 Å². The average Bonchev–Trinajstić information content (AvgIpc) is 2.47. The van der Waals surface area contributed by atoms with E-state index in [0.717, 1.165) is 0 Å². The molecule has 2 atom stereocenters. The molecule has 3 N–H and O–H groups in total. The highest BCUT2D eigenvalue weighted by molar-refractivity contribution is 6.35. The lowest BCUT2D eigenvalue weighted by Crippen LogP contribution is -2.61. The summed E-state index contributed by atoms with van der Waals surface area (Å²) in [4.78, 5) is 32.1. The number of carboxylic acid groups (broad SMARTS) is 1. The van der Waals surface area contributed by atoms with E-state index in [1.807, 2.05) is 0 Å². The number of carbonyl (C=O) groups is 2. The van der Waals surface area contributed by atoms with Gasteiger partial charge in [0.15, 0.2) is 0 Å². The number of esters is 1. The summed E-state index contributed by atoms with van der Waals surface area (Å²) in [6.45, 7) is 4.47. The van der Waals surface area contributed by atoms with Crippen LogP contribution in [0.4, 0.5) is 0 Å². The second-order valence-electron chi connectivity index (χ2n) is 5.63. The number of rotatable bonds is 6. The summed E-state index contributed by atoms with van der Waals surface area (Å²) in [5.41, 5.74) is -4.32. The summed E-state index contributed by atoms with van der Waals surface area (Å²) in [6, 6.07) is 6.80. The molecule has 128 valence electrons. The highest BCUT2D eigenvalue weighted by Crippen LogP contribution is 2.43. The van der Waals surface area contributed by atoms with Crippen LogP contribution in [0.3, 0.4) is 0 Å². The van der Waals surface area contributed by atoms with Crippen LogP contribution in [0, 0.1) is 0 Å².